The van der Waals surface area contributed by atoms with Crippen LogP contribution < -0.4 is 20.2 Å². The fraction of sp³-hybridized carbons (Fsp3) is 0.238. The van der Waals surface area contributed by atoms with Gasteiger partial charge < -0.3 is 19.5 Å². The van der Waals surface area contributed by atoms with E-state index in [-0.39, 0.29) is 18.0 Å². The molecule has 2 amide bonds. The molecule has 0 fully saturated rings. The number of rotatable bonds is 9. The van der Waals surface area contributed by atoms with Crippen molar-refractivity contribution >= 4 is 45.6 Å². The predicted octanol–water partition coefficient (Wildman–Crippen LogP) is 2.87. The summed E-state index contributed by atoms with van der Waals surface area (Å²) in [6, 6.07) is 8.83. The van der Waals surface area contributed by atoms with E-state index < -0.39 is 29.5 Å². The number of esters is 1. The van der Waals surface area contributed by atoms with Crippen molar-refractivity contribution in [1.29, 1.82) is 0 Å². The fourth-order valence-electron chi connectivity index (χ4n) is 2.33. The van der Waals surface area contributed by atoms with Gasteiger partial charge in [0.15, 0.2) is 18.1 Å². The van der Waals surface area contributed by atoms with Crippen LogP contribution in [0.2, 0.25) is 0 Å². The summed E-state index contributed by atoms with van der Waals surface area (Å²) < 4.78 is 29.3. The number of ether oxygens (including phenoxy) is 3. The molecule has 2 rings (SSSR count). The molecule has 2 aromatic rings. The Balaban J connectivity index is 2.01. The van der Waals surface area contributed by atoms with E-state index >= 15 is 0 Å². The second-order valence-corrected chi connectivity index (χ2v) is 7.18. The minimum absolute atomic E-state index is 0.0212. The second-order valence-electron chi connectivity index (χ2n) is 6.32. The van der Waals surface area contributed by atoms with E-state index in [0.717, 1.165) is 0 Å². The zero-order chi connectivity index (χ0) is 23.7. The summed E-state index contributed by atoms with van der Waals surface area (Å²) >= 11 is 3.32. The Labute approximate surface area is 192 Å². The number of carbonyl (C=O) groups is 3. The quantitative estimate of drug-likeness (QED) is 0.232. The number of hydrogen-bond donors (Lipinski definition) is 2. The van der Waals surface area contributed by atoms with Gasteiger partial charge in [0.25, 0.3) is 5.91 Å². The molecule has 2 N–H and O–H groups in total. The van der Waals surface area contributed by atoms with Gasteiger partial charge in [0.1, 0.15) is 11.7 Å². The van der Waals surface area contributed by atoms with E-state index in [1.807, 2.05) is 0 Å². The molecule has 0 aliphatic carbocycles. The summed E-state index contributed by atoms with van der Waals surface area (Å²) in [7, 11) is 2.67. The Bertz CT molecular complexity index is 1030. The molecule has 9 nitrogen and oxygen atoms in total. The highest BCUT2D eigenvalue weighted by Gasteiger charge is 2.22. The number of benzene rings is 2. The van der Waals surface area contributed by atoms with E-state index in [2.05, 4.69) is 36.5 Å². The van der Waals surface area contributed by atoms with Gasteiger partial charge in [0, 0.05) is 0 Å². The molecule has 0 saturated heterocycles. The van der Waals surface area contributed by atoms with Crippen LogP contribution in [0.1, 0.15) is 12.5 Å². The van der Waals surface area contributed by atoms with Gasteiger partial charge in [-0.2, -0.15) is 5.10 Å². The predicted molar refractivity (Wildman–Crippen MR) is 118 cm³/mol. The van der Waals surface area contributed by atoms with Crippen molar-refractivity contribution in [2.75, 3.05) is 26.1 Å². The zero-order valence-electron chi connectivity index (χ0n) is 17.5. The molecule has 0 aliphatic heterocycles. The Kier molecular flexibility index (Phi) is 9.14. The van der Waals surface area contributed by atoms with Crippen LogP contribution in [-0.2, 0) is 19.1 Å². The molecule has 0 spiro atoms. The van der Waals surface area contributed by atoms with Gasteiger partial charge >= 0.3 is 5.97 Å². The SMILES string of the molecule is COC(=O)COc1c(Br)cc(C=NNC(=O)C(C)C(=O)Nc2ccccc2F)cc1OC. The minimum atomic E-state index is -1.12. The maximum Gasteiger partial charge on any atom is 0.343 e. The molecule has 2 aromatic carbocycles. The monoisotopic (exact) mass is 509 g/mol. The highest BCUT2D eigenvalue weighted by molar-refractivity contribution is 9.10. The van der Waals surface area contributed by atoms with Gasteiger partial charge in [0.2, 0.25) is 5.91 Å². The summed E-state index contributed by atoms with van der Waals surface area (Å²) in [5.41, 5.74) is 2.77. The number of hydrogen-bond acceptors (Lipinski definition) is 7. The van der Waals surface area contributed by atoms with Crippen molar-refractivity contribution in [3.63, 3.8) is 0 Å². The topological polar surface area (TPSA) is 115 Å². The largest absolute Gasteiger partial charge is 0.493 e. The highest BCUT2D eigenvalue weighted by atomic mass is 79.9. The Morgan fingerprint density at radius 2 is 1.91 bits per heavy atom. The van der Waals surface area contributed by atoms with Crippen molar-refractivity contribution in [2.45, 2.75) is 6.92 Å². The first-order chi connectivity index (χ1) is 15.3. The van der Waals surface area contributed by atoms with E-state index in [4.69, 9.17) is 9.47 Å². The lowest BCUT2D eigenvalue weighted by Gasteiger charge is -2.13. The van der Waals surface area contributed by atoms with Crippen LogP contribution >= 0.6 is 15.9 Å². The lowest BCUT2D eigenvalue weighted by atomic mass is 10.1. The lowest BCUT2D eigenvalue weighted by Crippen LogP contribution is -2.34. The Morgan fingerprint density at radius 3 is 2.56 bits per heavy atom. The van der Waals surface area contributed by atoms with Crippen molar-refractivity contribution in [1.82, 2.24) is 5.43 Å². The minimum Gasteiger partial charge on any atom is -0.493 e. The van der Waals surface area contributed by atoms with Crippen LogP contribution in [0.15, 0.2) is 46.0 Å². The molecule has 11 heteroatoms. The molecule has 170 valence electrons. The molecule has 0 aliphatic rings. The van der Waals surface area contributed by atoms with Crippen molar-refractivity contribution < 1.29 is 33.0 Å². The number of para-hydroxylation sites is 1. The van der Waals surface area contributed by atoms with E-state index in [1.54, 1.807) is 18.2 Å². The van der Waals surface area contributed by atoms with Gasteiger partial charge in [-0.15, -0.1) is 0 Å². The number of halogens is 2. The highest BCUT2D eigenvalue weighted by Crippen LogP contribution is 2.36. The second kappa shape index (κ2) is 11.8. The molecule has 0 bridgehead atoms. The maximum absolute atomic E-state index is 13.6. The number of nitrogens with one attached hydrogen (secondary N) is 2. The number of amides is 2. The first-order valence-corrected chi connectivity index (χ1v) is 10.0. The summed E-state index contributed by atoms with van der Waals surface area (Å²) in [5.74, 6) is -3.04. The fourth-order valence-corrected chi connectivity index (χ4v) is 2.91. The maximum atomic E-state index is 13.6. The number of methoxy groups -OCH3 is 2. The lowest BCUT2D eigenvalue weighted by molar-refractivity contribution is -0.143. The van der Waals surface area contributed by atoms with Crippen molar-refractivity contribution in [3.05, 3.63) is 52.3 Å². The average Bonchev–Trinajstić information content (AvgIpc) is 2.78. The standard InChI is InChI=1S/C21H21BrFN3O6/c1-12(20(28)25-16-7-5-4-6-15(16)23)21(29)26-24-10-13-8-14(22)19(17(9-13)30-2)32-11-18(27)31-3/h4-10,12H,11H2,1-3H3,(H,25,28)(H,26,29). The van der Waals surface area contributed by atoms with Crippen molar-refractivity contribution in [2.24, 2.45) is 11.0 Å². The molecular formula is C21H21BrFN3O6. The molecule has 0 radical (unpaired) electrons. The van der Waals surface area contributed by atoms with Crippen LogP contribution in [0.4, 0.5) is 10.1 Å². The summed E-state index contributed by atoms with van der Waals surface area (Å²) in [6.45, 7) is 1.07. The third kappa shape index (κ3) is 6.77. The number of nitrogens with zero attached hydrogens (tertiary/aromatic N) is 1. The van der Waals surface area contributed by atoms with Crippen LogP contribution in [0, 0.1) is 11.7 Å². The Morgan fingerprint density at radius 1 is 1.19 bits per heavy atom. The van der Waals surface area contributed by atoms with Crippen LogP contribution in [-0.4, -0.2) is 44.8 Å². The average molecular weight is 510 g/mol. The zero-order valence-corrected chi connectivity index (χ0v) is 19.1. The summed E-state index contributed by atoms with van der Waals surface area (Å²) in [6.07, 6.45) is 1.33. The van der Waals surface area contributed by atoms with Crippen LogP contribution in [0.3, 0.4) is 0 Å². The third-order valence-corrected chi connectivity index (χ3v) is 4.71. The third-order valence-electron chi connectivity index (χ3n) is 4.12. The number of carbonyl (C=O) groups excluding carboxylic acids is 3. The smallest absolute Gasteiger partial charge is 0.343 e. The van der Waals surface area contributed by atoms with Crippen LogP contribution in [0.5, 0.6) is 11.5 Å². The normalized spacial score (nSPS) is 11.5. The van der Waals surface area contributed by atoms with Gasteiger partial charge in [-0.1, -0.05) is 12.1 Å². The summed E-state index contributed by atoms with van der Waals surface area (Å²) in [4.78, 5) is 35.6. The van der Waals surface area contributed by atoms with Crippen LogP contribution in [0.25, 0.3) is 0 Å². The molecule has 0 heterocycles. The molecule has 32 heavy (non-hydrogen) atoms. The summed E-state index contributed by atoms with van der Waals surface area (Å²) in [5, 5.41) is 6.19. The molecule has 0 saturated carbocycles. The van der Waals surface area contributed by atoms with E-state index in [9.17, 15) is 18.8 Å². The van der Waals surface area contributed by atoms with Gasteiger partial charge in [-0.3, -0.25) is 9.59 Å². The molecule has 0 aromatic heterocycles. The van der Waals surface area contributed by atoms with Gasteiger partial charge in [-0.05, 0) is 52.7 Å². The van der Waals surface area contributed by atoms with Gasteiger partial charge in [-0.25, -0.2) is 14.6 Å². The van der Waals surface area contributed by atoms with Gasteiger partial charge in [0.05, 0.1) is 30.6 Å². The molecular weight excluding hydrogens is 489 g/mol. The molecule has 1 atom stereocenters. The van der Waals surface area contributed by atoms with Crippen molar-refractivity contribution in [3.8, 4) is 11.5 Å². The first-order valence-electron chi connectivity index (χ1n) is 9.22. The van der Waals surface area contributed by atoms with E-state index in [1.165, 1.54) is 45.6 Å². The molecule has 1 unspecified atom stereocenters. The number of hydrazone groups is 1. The van der Waals surface area contributed by atoms with E-state index in [0.29, 0.717) is 15.8 Å². The Hall–Kier alpha value is -3.47. The first kappa shape index (κ1) is 24.8. The number of anilines is 1.